The Morgan fingerprint density at radius 2 is 1.67 bits per heavy atom. The number of fused-ring (bicyclic) bond motifs is 1. The third-order valence-corrected chi connectivity index (χ3v) is 7.59. The second-order valence-electron chi connectivity index (χ2n) is 11.1. The number of hydrogen-bond acceptors (Lipinski definition) is 8. The molecular formula is C35H27FN8O5. The number of nitrogens with zero attached hydrogens (tertiary/aromatic N) is 6. The summed E-state index contributed by atoms with van der Waals surface area (Å²) in [6.07, 6.45) is 6.23. The monoisotopic (exact) mass is 658 g/mol. The molecule has 244 valence electrons. The number of rotatable bonds is 8. The number of benzene rings is 3. The number of halogens is 1. The maximum atomic E-state index is 13.4. The second-order valence-corrected chi connectivity index (χ2v) is 11.1. The lowest BCUT2D eigenvalue weighted by Gasteiger charge is -2.10. The van der Waals surface area contributed by atoms with Crippen LogP contribution < -0.4 is 20.9 Å². The molecule has 0 aliphatic heterocycles. The molecule has 7 aromatic rings. The Balaban J connectivity index is 1.19. The summed E-state index contributed by atoms with van der Waals surface area (Å²) in [6.45, 7) is 1.44. The molecule has 0 aliphatic rings. The Morgan fingerprint density at radius 3 is 2.39 bits per heavy atom. The molecule has 4 heterocycles. The summed E-state index contributed by atoms with van der Waals surface area (Å²) in [5.41, 5.74) is 3.14. The average molecular weight is 659 g/mol. The Hall–Kier alpha value is -6.83. The fourth-order valence-electron chi connectivity index (χ4n) is 5.47. The second kappa shape index (κ2) is 12.4. The van der Waals surface area contributed by atoms with Gasteiger partial charge in [0.1, 0.15) is 34.6 Å². The van der Waals surface area contributed by atoms with Gasteiger partial charge in [-0.15, -0.1) is 0 Å². The maximum absolute atomic E-state index is 13.4. The van der Waals surface area contributed by atoms with Gasteiger partial charge in [-0.1, -0.05) is 12.1 Å². The fourth-order valence-corrected chi connectivity index (χ4v) is 5.47. The Bertz CT molecular complexity index is 2420. The number of nitrogens with one attached hydrogen (secondary N) is 2. The number of aromatic nitrogens is 6. The number of amides is 2. The summed E-state index contributed by atoms with van der Waals surface area (Å²) in [4.78, 5) is 46.8. The summed E-state index contributed by atoms with van der Waals surface area (Å²) < 4.78 is 30.3. The molecule has 0 aliphatic carbocycles. The first-order valence-electron chi connectivity index (χ1n) is 14.9. The van der Waals surface area contributed by atoms with Crippen molar-refractivity contribution in [3.8, 4) is 39.8 Å². The van der Waals surface area contributed by atoms with E-state index < -0.39 is 17.3 Å². The van der Waals surface area contributed by atoms with E-state index in [-0.39, 0.29) is 23.1 Å². The Morgan fingerprint density at radius 1 is 0.898 bits per heavy atom. The normalized spacial score (nSPS) is 11.1. The summed E-state index contributed by atoms with van der Waals surface area (Å²) >= 11 is 0. The van der Waals surface area contributed by atoms with E-state index in [1.807, 2.05) is 24.4 Å². The standard InChI is InChI=1S/C35H27FN8O5/c1-20(45)40-25-6-4-5-21(15-25)29-30-33(37-19-38-34(30)49-31(29)22-16-39-42(2)17-22)48-27-13-9-24(10-14-27)41-32(46)28-18-43(3)44(35(28)47)26-11-7-23(36)8-12-26/h4-19H,1-3H3,(H,40,45)(H,41,46). The van der Waals surface area contributed by atoms with Crippen LogP contribution in [0, 0.1) is 5.82 Å². The average Bonchev–Trinajstić information content (AvgIpc) is 3.77. The number of carbonyl (C=O) groups excluding carboxylic acids is 2. The van der Waals surface area contributed by atoms with Gasteiger partial charge < -0.3 is 19.8 Å². The van der Waals surface area contributed by atoms with Crippen LogP contribution in [0.1, 0.15) is 17.3 Å². The van der Waals surface area contributed by atoms with Gasteiger partial charge in [-0.2, -0.15) is 5.10 Å². The molecule has 0 unspecified atom stereocenters. The van der Waals surface area contributed by atoms with Gasteiger partial charge in [-0.25, -0.2) is 19.0 Å². The molecule has 14 heteroatoms. The molecule has 7 rings (SSSR count). The van der Waals surface area contributed by atoms with Crippen LogP contribution in [-0.2, 0) is 18.9 Å². The van der Waals surface area contributed by atoms with Crippen molar-refractivity contribution >= 4 is 34.3 Å². The van der Waals surface area contributed by atoms with E-state index >= 15 is 0 Å². The van der Waals surface area contributed by atoms with E-state index in [9.17, 15) is 18.8 Å². The van der Waals surface area contributed by atoms with Crippen molar-refractivity contribution in [2.75, 3.05) is 10.6 Å². The Labute approximate surface area is 277 Å². The molecule has 0 spiro atoms. The van der Waals surface area contributed by atoms with E-state index in [4.69, 9.17) is 9.15 Å². The quantitative estimate of drug-likeness (QED) is 0.204. The number of hydrogen-bond donors (Lipinski definition) is 2. The van der Waals surface area contributed by atoms with Crippen molar-refractivity contribution < 1.29 is 23.1 Å². The fraction of sp³-hybridized carbons (Fsp3) is 0.0857. The number of anilines is 2. The maximum Gasteiger partial charge on any atom is 0.284 e. The van der Waals surface area contributed by atoms with Crippen molar-refractivity contribution in [1.29, 1.82) is 0 Å². The number of ether oxygens (including phenoxy) is 1. The van der Waals surface area contributed by atoms with Crippen molar-refractivity contribution in [1.82, 2.24) is 29.1 Å². The lowest BCUT2D eigenvalue weighted by atomic mass is 10.0. The SMILES string of the molecule is CC(=O)Nc1cccc(-c2c(-c3cnn(C)c3)oc3ncnc(Oc4ccc(NC(=O)c5cn(C)n(-c6ccc(F)cc6)c5=O)cc4)c23)c1. The molecule has 0 bridgehead atoms. The number of aryl methyl sites for hydroxylation is 2. The molecule has 0 atom stereocenters. The van der Waals surface area contributed by atoms with Gasteiger partial charge in [0.2, 0.25) is 17.5 Å². The summed E-state index contributed by atoms with van der Waals surface area (Å²) in [5, 5.41) is 10.3. The van der Waals surface area contributed by atoms with Crippen LogP contribution >= 0.6 is 0 Å². The van der Waals surface area contributed by atoms with E-state index in [1.54, 1.807) is 55.3 Å². The van der Waals surface area contributed by atoms with Crippen molar-refractivity contribution in [2.45, 2.75) is 6.92 Å². The van der Waals surface area contributed by atoms with E-state index in [0.717, 1.165) is 5.56 Å². The Kier molecular flexibility index (Phi) is 7.80. The lowest BCUT2D eigenvalue weighted by molar-refractivity contribution is -0.114. The molecule has 2 N–H and O–H groups in total. The molecule has 3 aromatic carbocycles. The minimum atomic E-state index is -0.611. The summed E-state index contributed by atoms with van der Waals surface area (Å²) in [5.74, 6) is -0.149. The van der Waals surface area contributed by atoms with Gasteiger partial charge in [-0.3, -0.25) is 23.7 Å². The molecule has 2 amide bonds. The van der Waals surface area contributed by atoms with Crippen LogP contribution in [0.5, 0.6) is 11.6 Å². The first kappa shape index (κ1) is 30.8. The topological polar surface area (TPSA) is 151 Å². The lowest BCUT2D eigenvalue weighted by Crippen LogP contribution is -2.25. The molecule has 49 heavy (non-hydrogen) atoms. The third-order valence-electron chi connectivity index (χ3n) is 7.59. The highest BCUT2D eigenvalue weighted by Gasteiger charge is 2.25. The highest BCUT2D eigenvalue weighted by Crippen LogP contribution is 2.44. The van der Waals surface area contributed by atoms with Gasteiger partial charge in [0.05, 0.1) is 17.4 Å². The van der Waals surface area contributed by atoms with E-state index in [2.05, 4.69) is 25.7 Å². The number of carbonyl (C=O) groups is 2. The predicted molar refractivity (Wildman–Crippen MR) is 179 cm³/mol. The van der Waals surface area contributed by atoms with E-state index in [0.29, 0.717) is 45.1 Å². The minimum absolute atomic E-state index is 0.0880. The predicted octanol–water partition coefficient (Wildman–Crippen LogP) is 5.92. The van der Waals surface area contributed by atoms with Gasteiger partial charge in [0.25, 0.3) is 11.5 Å². The van der Waals surface area contributed by atoms with E-state index in [1.165, 1.54) is 53.1 Å². The summed E-state index contributed by atoms with van der Waals surface area (Å²) in [7, 11) is 3.41. The van der Waals surface area contributed by atoms with Crippen LogP contribution in [0.25, 0.3) is 39.2 Å². The van der Waals surface area contributed by atoms with Crippen LogP contribution in [0.15, 0.2) is 107 Å². The molecule has 0 saturated carbocycles. The minimum Gasteiger partial charge on any atom is -0.438 e. The molecule has 13 nitrogen and oxygen atoms in total. The van der Waals surface area contributed by atoms with Crippen LogP contribution in [0.2, 0.25) is 0 Å². The van der Waals surface area contributed by atoms with Crippen molar-refractivity contribution in [3.63, 3.8) is 0 Å². The molecule has 4 aromatic heterocycles. The third kappa shape index (κ3) is 6.05. The summed E-state index contributed by atoms with van der Waals surface area (Å²) in [6, 6.07) is 19.2. The highest BCUT2D eigenvalue weighted by atomic mass is 19.1. The smallest absolute Gasteiger partial charge is 0.284 e. The van der Waals surface area contributed by atoms with Crippen molar-refractivity contribution in [2.24, 2.45) is 14.1 Å². The van der Waals surface area contributed by atoms with Gasteiger partial charge in [0.15, 0.2) is 0 Å². The van der Waals surface area contributed by atoms with Crippen LogP contribution in [0.3, 0.4) is 0 Å². The van der Waals surface area contributed by atoms with Gasteiger partial charge in [0, 0.05) is 50.4 Å². The molecular weight excluding hydrogens is 631 g/mol. The zero-order valence-corrected chi connectivity index (χ0v) is 26.3. The van der Waals surface area contributed by atoms with Gasteiger partial charge in [-0.05, 0) is 66.2 Å². The van der Waals surface area contributed by atoms with Crippen LogP contribution in [-0.4, -0.2) is 40.9 Å². The molecule has 0 saturated heterocycles. The zero-order chi connectivity index (χ0) is 34.2. The highest BCUT2D eigenvalue weighted by molar-refractivity contribution is 6.05. The van der Waals surface area contributed by atoms with Crippen LogP contribution in [0.4, 0.5) is 15.8 Å². The largest absolute Gasteiger partial charge is 0.438 e. The molecule has 0 fully saturated rings. The van der Waals surface area contributed by atoms with Gasteiger partial charge >= 0.3 is 0 Å². The number of furan rings is 1. The molecule has 0 radical (unpaired) electrons. The first-order chi connectivity index (χ1) is 23.6. The van der Waals surface area contributed by atoms with Crippen molar-refractivity contribution in [3.05, 3.63) is 119 Å². The zero-order valence-electron chi connectivity index (χ0n) is 26.3. The first-order valence-corrected chi connectivity index (χ1v) is 14.9.